The van der Waals surface area contributed by atoms with Crippen LogP contribution in [-0.4, -0.2) is 24.7 Å². The van der Waals surface area contributed by atoms with Crippen molar-refractivity contribution in [2.45, 2.75) is 76.9 Å². The zero-order valence-corrected chi connectivity index (χ0v) is 13.3. The van der Waals surface area contributed by atoms with Crippen molar-refractivity contribution in [3.05, 3.63) is 0 Å². The number of nitrogens with one attached hydrogen (secondary N) is 1. The SMILES string of the molecule is C[C@H](NC(=O)CC12CC3CC(CC(C3)C1)C2)[C@H]1CCCO1. The summed E-state index contributed by atoms with van der Waals surface area (Å²) in [6, 6.07) is 0.175. The van der Waals surface area contributed by atoms with Crippen molar-refractivity contribution in [3.8, 4) is 0 Å². The van der Waals surface area contributed by atoms with E-state index < -0.39 is 0 Å². The molecule has 0 spiro atoms. The number of hydrogen-bond acceptors (Lipinski definition) is 2. The number of amides is 1. The summed E-state index contributed by atoms with van der Waals surface area (Å²) in [7, 11) is 0. The van der Waals surface area contributed by atoms with Gasteiger partial charge < -0.3 is 10.1 Å². The molecule has 1 N–H and O–H groups in total. The van der Waals surface area contributed by atoms with Gasteiger partial charge in [-0.25, -0.2) is 0 Å². The van der Waals surface area contributed by atoms with Crippen LogP contribution in [0.2, 0.25) is 0 Å². The Hall–Kier alpha value is -0.570. The molecule has 1 aliphatic heterocycles. The lowest BCUT2D eigenvalue weighted by Gasteiger charge is -2.56. The summed E-state index contributed by atoms with van der Waals surface area (Å²) in [4.78, 5) is 12.5. The lowest BCUT2D eigenvalue weighted by Crippen LogP contribution is -2.49. The first-order chi connectivity index (χ1) is 10.1. The van der Waals surface area contributed by atoms with Gasteiger partial charge in [-0.05, 0) is 81.5 Å². The molecular formula is C18H29NO2. The van der Waals surface area contributed by atoms with E-state index in [0.29, 0.717) is 5.41 Å². The third kappa shape index (κ3) is 2.74. The molecule has 118 valence electrons. The van der Waals surface area contributed by atoms with Crippen LogP contribution in [0.3, 0.4) is 0 Å². The van der Waals surface area contributed by atoms with Gasteiger partial charge in [-0.1, -0.05) is 0 Å². The zero-order valence-electron chi connectivity index (χ0n) is 13.3. The quantitative estimate of drug-likeness (QED) is 0.863. The lowest BCUT2D eigenvalue weighted by molar-refractivity contribution is -0.130. The van der Waals surface area contributed by atoms with Crippen LogP contribution in [0, 0.1) is 23.2 Å². The fourth-order valence-corrected chi connectivity index (χ4v) is 6.24. The molecule has 5 fully saturated rings. The molecule has 3 heteroatoms. The Labute approximate surface area is 128 Å². The van der Waals surface area contributed by atoms with Gasteiger partial charge in [-0.3, -0.25) is 4.79 Å². The number of hydrogen-bond donors (Lipinski definition) is 1. The molecule has 4 saturated carbocycles. The van der Waals surface area contributed by atoms with Gasteiger partial charge >= 0.3 is 0 Å². The monoisotopic (exact) mass is 291 g/mol. The number of rotatable bonds is 4. The summed E-state index contributed by atoms with van der Waals surface area (Å²) in [6.07, 6.45) is 11.6. The normalized spacial score (nSPS) is 45.8. The van der Waals surface area contributed by atoms with Crippen molar-refractivity contribution >= 4 is 5.91 Å². The van der Waals surface area contributed by atoms with Crippen LogP contribution in [0.4, 0.5) is 0 Å². The average Bonchev–Trinajstić information content (AvgIpc) is 2.89. The highest BCUT2D eigenvalue weighted by atomic mass is 16.5. The fraction of sp³-hybridized carbons (Fsp3) is 0.944. The third-order valence-corrected chi connectivity index (χ3v) is 6.61. The van der Waals surface area contributed by atoms with E-state index in [-0.39, 0.29) is 18.1 Å². The van der Waals surface area contributed by atoms with E-state index >= 15 is 0 Å². The molecule has 21 heavy (non-hydrogen) atoms. The summed E-state index contributed by atoms with van der Waals surface area (Å²) >= 11 is 0. The predicted octanol–water partition coefficient (Wildman–Crippen LogP) is 3.28. The Balaban J connectivity index is 1.36. The Morgan fingerprint density at radius 3 is 2.33 bits per heavy atom. The zero-order chi connectivity index (χ0) is 14.4. The Morgan fingerprint density at radius 1 is 1.19 bits per heavy atom. The molecule has 4 aliphatic carbocycles. The number of carbonyl (C=O) groups excluding carboxylic acids is 1. The molecule has 1 heterocycles. The summed E-state index contributed by atoms with van der Waals surface area (Å²) < 4.78 is 5.69. The van der Waals surface area contributed by atoms with Crippen molar-refractivity contribution in [3.63, 3.8) is 0 Å². The standard InChI is InChI=1S/C18H29NO2/c1-12(16-3-2-4-21-16)19-17(20)11-18-8-13-5-14(9-18)7-15(6-13)10-18/h12-16H,2-11H2,1H3,(H,19,20)/t12-,13?,14?,15?,16+,18?/m0/s1. The second-order valence-corrected chi connectivity index (χ2v) is 8.50. The first-order valence-corrected chi connectivity index (χ1v) is 9.03. The number of carbonyl (C=O) groups is 1. The van der Waals surface area contributed by atoms with Crippen LogP contribution in [0.1, 0.15) is 64.7 Å². The average molecular weight is 291 g/mol. The maximum absolute atomic E-state index is 12.5. The molecule has 0 radical (unpaired) electrons. The second-order valence-electron chi connectivity index (χ2n) is 8.50. The van der Waals surface area contributed by atoms with Crippen molar-refractivity contribution in [1.82, 2.24) is 5.32 Å². The third-order valence-electron chi connectivity index (χ3n) is 6.61. The predicted molar refractivity (Wildman–Crippen MR) is 81.8 cm³/mol. The van der Waals surface area contributed by atoms with Crippen LogP contribution in [0.25, 0.3) is 0 Å². The summed E-state index contributed by atoms with van der Waals surface area (Å²) in [5.41, 5.74) is 0.356. The van der Waals surface area contributed by atoms with Gasteiger partial charge in [0.25, 0.3) is 0 Å². The second kappa shape index (κ2) is 5.26. The molecule has 2 atom stereocenters. The molecule has 5 aliphatic rings. The minimum Gasteiger partial charge on any atom is -0.376 e. The molecular weight excluding hydrogens is 262 g/mol. The maximum Gasteiger partial charge on any atom is 0.220 e. The van der Waals surface area contributed by atoms with Crippen molar-refractivity contribution in [1.29, 1.82) is 0 Å². The highest BCUT2D eigenvalue weighted by Crippen LogP contribution is 2.61. The summed E-state index contributed by atoms with van der Waals surface area (Å²) in [6.45, 7) is 2.97. The minimum absolute atomic E-state index is 0.175. The van der Waals surface area contributed by atoms with Crippen LogP contribution in [-0.2, 0) is 9.53 Å². The molecule has 3 nitrogen and oxygen atoms in total. The van der Waals surface area contributed by atoms with E-state index in [0.717, 1.165) is 43.6 Å². The minimum atomic E-state index is 0.175. The van der Waals surface area contributed by atoms with Gasteiger partial charge in [0.1, 0.15) is 0 Å². The highest BCUT2D eigenvalue weighted by molar-refractivity contribution is 5.77. The van der Waals surface area contributed by atoms with Crippen LogP contribution >= 0.6 is 0 Å². The summed E-state index contributed by atoms with van der Waals surface area (Å²) in [5.74, 6) is 3.07. The van der Waals surface area contributed by atoms with E-state index in [1.165, 1.54) is 38.5 Å². The molecule has 0 aromatic rings. The largest absolute Gasteiger partial charge is 0.376 e. The fourth-order valence-electron chi connectivity index (χ4n) is 6.24. The number of ether oxygens (including phenoxy) is 1. The van der Waals surface area contributed by atoms with Gasteiger partial charge in [-0.2, -0.15) is 0 Å². The van der Waals surface area contributed by atoms with Crippen molar-refractivity contribution < 1.29 is 9.53 Å². The molecule has 1 saturated heterocycles. The van der Waals surface area contributed by atoms with Crippen molar-refractivity contribution in [2.75, 3.05) is 6.61 Å². The van der Waals surface area contributed by atoms with Gasteiger partial charge in [0.15, 0.2) is 0 Å². The van der Waals surface area contributed by atoms with E-state index in [1.54, 1.807) is 0 Å². The topological polar surface area (TPSA) is 38.3 Å². The molecule has 0 aromatic heterocycles. The van der Waals surface area contributed by atoms with E-state index in [9.17, 15) is 4.79 Å². The Morgan fingerprint density at radius 2 is 1.81 bits per heavy atom. The highest BCUT2D eigenvalue weighted by Gasteiger charge is 2.51. The smallest absolute Gasteiger partial charge is 0.220 e. The molecule has 0 aromatic carbocycles. The van der Waals surface area contributed by atoms with Crippen LogP contribution in [0.5, 0.6) is 0 Å². The molecule has 1 amide bonds. The van der Waals surface area contributed by atoms with Crippen LogP contribution < -0.4 is 5.32 Å². The van der Waals surface area contributed by atoms with Crippen LogP contribution in [0.15, 0.2) is 0 Å². The van der Waals surface area contributed by atoms with Gasteiger partial charge in [0.05, 0.1) is 12.1 Å². The first-order valence-electron chi connectivity index (χ1n) is 9.03. The van der Waals surface area contributed by atoms with E-state index in [4.69, 9.17) is 4.74 Å². The maximum atomic E-state index is 12.5. The van der Waals surface area contributed by atoms with Crippen molar-refractivity contribution in [2.24, 2.45) is 23.2 Å². The lowest BCUT2D eigenvalue weighted by atomic mass is 9.49. The van der Waals surface area contributed by atoms with Gasteiger partial charge in [0.2, 0.25) is 5.91 Å². The Bertz CT molecular complexity index is 378. The molecule has 4 bridgehead atoms. The summed E-state index contributed by atoms with van der Waals surface area (Å²) in [5, 5.41) is 3.23. The molecule has 0 unspecified atom stereocenters. The Kier molecular flexibility index (Phi) is 3.52. The van der Waals surface area contributed by atoms with Gasteiger partial charge in [-0.15, -0.1) is 0 Å². The van der Waals surface area contributed by atoms with E-state index in [2.05, 4.69) is 12.2 Å². The molecule has 5 rings (SSSR count). The first kappa shape index (κ1) is 14.0. The van der Waals surface area contributed by atoms with Gasteiger partial charge in [0, 0.05) is 13.0 Å². The van der Waals surface area contributed by atoms with E-state index in [1.807, 2.05) is 0 Å².